The van der Waals surface area contributed by atoms with Crippen LogP contribution in [0.25, 0.3) is 0 Å². The molecule has 0 fully saturated rings. The topological polar surface area (TPSA) is 20.3 Å². The SMILES string of the molecule is CC(=O)C1CC=CC(C)N1C. The molecule has 2 unspecified atom stereocenters. The van der Waals surface area contributed by atoms with Crippen molar-refractivity contribution in [1.29, 1.82) is 0 Å². The van der Waals surface area contributed by atoms with Gasteiger partial charge in [0.05, 0.1) is 6.04 Å². The van der Waals surface area contributed by atoms with E-state index in [-0.39, 0.29) is 11.8 Å². The molecule has 1 aliphatic rings. The normalized spacial score (nSPS) is 32.3. The largest absolute Gasteiger partial charge is 0.298 e. The Morgan fingerprint density at radius 1 is 1.64 bits per heavy atom. The van der Waals surface area contributed by atoms with Crippen molar-refractivity contribution in [1.82, 2.24) is 4.90 Å². The average molecular weight is 153 g/mol. The van der Waals surface area contributed by atoms with Crippen molar-refractivity contribution >= 4 is 5.78 Å². The van der Waals surface area contributed by atoms with E-state index in [2.05, 4.69) is 24.0 Å². The van der Waals surface area contributed by atoms with Gasteiger partial charge in [0.1, 0.15) is 5.78 Å². The Morgan fingerprint density at radius 3 is 2.73 bits per heavy atom. The van der Waals surface area contributed by atoms with Gasteiger partial charge in [-0.25, -0.2) is 0 Å². The summed E-state index contributed by atoms with van der Waals surface area (Å²) in [6, 6.07) is 0.507. The number of nitrogens with zero attached hydrogens (tertiary/aromatic N) is 1. The maximum absolute atomic E-state index is 11.1. The molecular formula is C9H15NO. The van der Waals surface area contributed by atoms with Crippen LogP contribution in [0.5, 0.6) is 0 Å². The van der Waals surface area contributed by atoms with E-state index >= 15 is 0 Å². The Morgan fingerprint density at radius 2 is 2.27 bits per heavy atom. The minimum absolute atomic E-state index is 0.106. The van der Waals surface area contributed by atoms with Gasteiger partial charge < -0.3 is 0 Å². The Bertz CT molecular complexity index is 186. The molecule has 0 aliphatic carbocycles. The second-order valence-corrected chi connectivity index (χ2v) is 3.20. The summed E-state index contributed by atoms with van der Waals surface area (Å²) in [6.07, 6.45) is 5.10. The van der Waals surface area contributed by atoms with Crippen LogP contribution in [0.1, 0.15) is 20.3 Å². The third-order valence-electron chi connectivity index (χ3n) is 2.38. The van der Waals surface area contributed by atoms with Gasteiger partial charge in [0.25, 0.3) is 0 Å². The first-order chi connectivity index (χ1) is 5.13. The van der Waals surface area contributed by atoms with Crippen molar-refractivity contribution in [2.75, 3.05) is 7.05 Å². The summed E-state index contributed by atoms with van der Waals surface area (Å²) in [4.78, 5) is 13.2. The van der Waals surface area contributed by atoms with Crippen LogP contribution < -0.4 is 0 Å². The smallest absolute Gasteiger partial charge is 0.147 e. The summed E-state index contributed by atoms with van der Waals surface area (Å²) >= 11 is 0. The van der Waals surface area contributed by atoms with Gasteiger partial charge in [-0.3, -0.25) is 9.69 Å². The van der Waals surface area contributed by atoms with Crippen molar-refractivity contribution in [2.45, 2.75) is 32.4 Å². The molecule has 2 nitrogen and oxygen atoms in total. The van der Waals surface area contributed by atoms with E-state index in [1.165, 1.54) is 0 Å². The molecule has 1 heterocycles. The van der Waals surface area contributed by atoms with E-state index in [1.54, 1.807) is 6.92 Å². The molecule has 0 aromatic carbocycles. The van der Waals surface area contributed by atoms with Gasteiger partial charge in [0.2, 0.25) is 0 Å². The van der Waals surface area contributed by atoms with Crippen LogP contribution in [0.4, 0.5) is 0 Å². The molecule has 0 saturated carbocycles. The average Bonchev–Trinajstić information content (AvgIpc) is 1.94. The standard InChI is InChI=1S/C9H15NO/c1-7-5-4-6-9(8(2)11)10(7)3/h4-5,7,9H,6H2,1-3H3. The summed E-state index contributed by atoms with van der Waals surface area (Å²) < 4.78 is 0. The molecule has 2 atom stereocenters. The Labute approximate surface area is 67.9 Å². The number of rotatable bonds is 1. The third kappa shape index (κ3) is 1.69. The molecule has 0 aromatic heterocycles. The van der Waals surface area contributed by atoms with Crippen LogP contribution in [0.15, 0.2) is 12.2 Å². The lowest BCUT2D eigenvalue weighted by molar-refractivity contribution is -0.122. The van der Waals surface area contributed by atoms with Crippen LogP contribution >= 0.6 is 0 Å². The molecule has 0 radical (unpaired) electrons. The number of hydrogen-bond acceptors (Lipinski definition) is 2. The quantitative estimate of drug-likeness (QED) is 0.528. The summed E-state index contributed by atoms with van der Waals surface area (Å²) in [6.45, 7) is 3.76. The zero-order valence-electron chi connectivity index (χ0n) is 7.37. The van der Waals surface area contributed by atoms with Crippen molar-refractivity contribution in [3.63, 3.8) is 0 Å². The molecule has 11 heavy (non-hydrogen) atoms. The summed E-state index contributed by atoms with van der Waals surface area (Å²) in [7, 11) is 2.00. The fourth-order valence-electron chi connectivity index (χ4n) is 1.44. The Hall–Kier alpha value is -0.630. The molecule has 0 spiro atoms. The van der Waals surface area contributed by atoms with E-state index in [9.17, 15) is 4.79 Å². The van der Waals surface area contributed by atoms with Gasteiger partial charge in [-0.15, -0.1) is 0 Å². The van der Waals surface area contributed by atoms with Gasteiger partial charge >= 0.3 is 0 Å². The molecule has 1 rings (SSSR count). The third-order valence-corrected chi connectivity index (χ3v) is 2.38. The highest BCUT2D eigenvalue weighted by Gasteiger charge is 2.23. The second kappa shape index (κ2) is 3.18. The van der Waals surface area contributed by atoms with Crippen LogP contribution in [0.2, 0.25) is 0 Å². The van der Waals surface area contributed by atoms with E-state index in [1.807, 2.05) is 7.05 Å². The predicted molar refractivity (Wildman–Crippen MR) is 45.5 cm³/mol. The van der Waals surface area contributed by atoms with Crippen molar-refractivity contribution in [2.24, 2.45) is 0 Å². The number of Topliss-reactive ketones (excluding diaryl/α,β-unsaturated/α-hetero) is 1. The van der Waals surface area contributed by atoms with Crippen molar-refractivity contribution in [3.8, 4) is 0 Å². The molecule has 0 amide bonds. The van der Waals surface area contributed by atoms with Gasteiger partial charge in [-0.1, -0.05) is 12.2 Å². The highest BCUT2D eigenvalue weighted by molar-refractivity contribution is 5.81. The Kier molecular flexibility index (Phi) is 2.45. The van der Waals surface area contributed by atoms with Crippen LogP contribution in [0.3, 0.4) is 0 Å². The maximum atomic E-state index is 11.1. The van der Waals surface area contributed by atoms with Crippen LogP contribution in [-0.2, 0) is 4.79 Å². The monoisotopic (exact) mass is 153 g/mol. The lowest BCUT2D eigenvalue weighted by Gasteiger charge is -2.32. The summed E-state index contributed by atoms with van der Waals surface area (Å²) in [5, 5.41) is 0. The van der Waals surface area contributed by atoms with E-state index in [0.717, 1.165) is 6.42 Å². The number of likely N-dealkylation sites (N-methyl/N-ethyl adjacent to an activating group) is 1. The summed E-state index contributed by atoms with van der Waals surface area (Å²) in [5.41, 5.74) is 0. The first-order valence-corrected chi connectivity index (χ1v) is 4.02. The molecule has 0 N–H and O–H groups in total. The van der Waals surface area contributed by atoms with Crippen LogP contribution in [-0.4, -0.2) is 29.8 Å². The number of ketones is 1. The zero-order valence-corrected chi connectivity index (χ0v) is 7.37. The molecule has 0 saturated heterocycles. The van der Waals surface area contributed by atoms with E-state index < -0.39 is 0 Å². The highest BCUT2D eigenvalue weighted by atomic mass is 16.1. The summed E-state index contributed by atoms with van der Waals surface area (Å²) in [5.74, 6) is 0.267. The van der Waals surface area contributed by atoms with Gasteiger partial charge in [-0.05, 0) is 27.3 Å². The Balaban J connectivity index is 2.70. The van der Waals surface area contributed by atoms with Gasteiger partial charge in [0.15, 0.2) is 0 Å². The molecule has 0 bridgehead atoms. The molecule has 0 aromatic rings. The fraction of sp³-hybridized carbons (Fsp3) is 0.667. The van der Waals surface area contributed by atoms with Gasteiger partial charge in [-0.2, -0.15) is 0 Å². The first-order valence-electron chi connectivity index (χ1n) is 4.02. The van der Waals surface area contributed by atoms with E-state index in [4.69, 9.17) is 0 Å². The van der Waals surface area contributed by atoms with E-state index in [0.29, 0.717) is 6.04 Å². The fourth-order valence-corrected chi connectivity index (χ4v) is 1.44. The first kappa shape index (κ1) is 8.47. The predicted octanol–water partition coefficient (Wildman–Crippen LogP) is 1.22. The molecule has 1 aliphatic heterocycles. The molecule has 2 heteroatoms. The highest BCUT2D eigenvalue weighted by Crippen LogP contribution is 2.14. The molecular weight excluding hydrogens is 138 g/mol. The van der Waals surface area contributed by atoms with Crippen molar-refractivity contribution in [3.05, 3.63) is 12.2 Å². The van der Waals surface area contributed by atoms with Crippen molar-refractivity contribution < 1.29 is 4.79 Å². The zero-order chi connectivity index (χ0) is 8.43. The second-order valence-electron chi connectivity index (χ2n) is 3.20. The minimum Gasteiger partial charge on any atom is -0.298 e. The molecule has 62 valence electrons. The minimum atomic E-state index is 0.106. The number of carbonyl (C=O) groups excluding carboxylic acids is 1. The van der Waals surface area contributed by atoms with Crippen LogP contribution in [0, 0.1) is 0 Å². The number of carbonyl (C=O) groups is 1. The maximum Gasteiger partial charge on any atom is 0.147 e. The lowest BCUT2D eigenvalue weighted by atomic mass is 10.0. The number of hydrogen-bond donors (Lipinski definition) is 0. The van der Waals surface area contributed by atoms with Gasteiger partial charge in [0, 0.05) is 6.04 Å². The lowest BCUT2D eigenvalue weighted by Crippen LogP contribution is -2.43.